The van der Waals surface area contributed by atoms with E-state index in [9.17, 15) is 9.90 Å². The first-order chi connectivity index (χ1) is 17.1. The van der Waals surface area contributed by atoms with Crippen molar-refractivity contribution in [2.24, 2.45) is 23.7 Å². The highest BCUT2D eigenvalue weighted by Gasteiger charge is 2.53. The number of carbonyl (C=O) groups excluding carboxylic acids is 1. The van der Waals surface area contributed by atoms with Crippen LogP contribution in [-0.4, -0.2) is 74.6 Å². The summed E-state index contributed by atoms with van der Waals surface area (Å²) in [5, 5.41) is 11.7. The summed E-state index contributed by atoms with van der Waals surface area (Å²) in [6.45, 7) is 12.7. The summed E-state index contributed by atoms with van der Waals surface area (Å²) in [7, 11) is 3.36. The van der Waals surface area contributed by atoms with Crippen LogP contribution < -0.4 is 14.4 Å². The van der Waals surface area contributed by atoms with Crippen molar-refractivity contribution in [2.75, 3.05) is 51.8 Å². The second-order valence-electron chi connectivity index (χ2n) is 10.9. The topological polar surface area (TPSA) is 71.5 Å². The SMILES string of the molecule is COc1cc(OC)cc(N2CCN(C[C@@H](C)[C@@H]3CC[C@@H](C)[C@]4(O)[C][C@@H](OC(C)=O)C(C)=C[C@H]34)CC2)c1. The minimum Gasteiger partial charge on any atom is -0.497 e. The predicted octanol–water partition coefficient (Wildman–Crippen LogP) is 3.83. The maximum absolute atomic E-state index is 11.7. The van der Waals surface area contributed by atoms with E-state index in [4.69, 9.17) is 14.2 Å². The highest BCUT2D eigenvalue weighted by atomic mass is 16.5. The van der Waals surface area contributed by atoms with Crippen LogP contribution in [0.4, 0.5) is 5.69 Å². The van der Waals surface area contributed by atoms with Gasteiger partial charge in [0.05, 0.1) is 26.2 Å². The summed E-state index contributed by atoms with van der Waals surface area (Å²) in [5.74, 6) is 2.12. The van der Waals surface area contributed by atoms with Crippen LogP contribution in [0.1, 0.15) is 40.5 Å². The van der Waals surface area contributed by atoms with Crippen LogP contribution in [0.2, 0.25) is 0 Å². The second-order valence-corrected chi connectivity index (χ2v) is 10.9. The molecule has 1 aliphatic heterocycles. The molecule has 36 heavy (non-hydrogen) atoms. The molecule has 7 nitrogen and oxygen atoms in total. The van der Waals surface area contributed by atoms with Crippen LogP contribution in [0.15, 0.2) is 29.8 Å². The Morgan fingerprint density at radius 2 is 1.78 bits per heavy atom. The van der Waals surface area contributed by atoms with Gasteiger partial charge in [-0.2, -0.15) is 0 Å². The van der Waals surface area contributed by atoms with E-state index >= 15 is 0 Å². The summed E-state index contributed by atoms with van der Waals surface area (Å²) >= 11 is 0. The molecule has 7 heteroatoms. The molecule has 0 aromatic heterocycles. The van der Waals surface area contributed by atoms with E-state index in [0.717, 1.165) is 68.3 Å². The summed E-state index contributed by atoms with van der Waals surface area (Å²) < 4.78 is 16.4. The highest BCUT2D eigenvalue weighted by molar-refractivity contribution is 5.66. The third-order valence-electron chi connectivity index (χ3n) is 8.51. The standard InChI is InChI=1S/C29H42N2O5/c1-19-13-27-26(8-7-21(3)29(27,33)17-28(19)36-22(4)32)20(2)18-30-9-11-31(12-10-30)23-14-24(34-5)16-25(15-23)35-6/h13-16,20-21,26-28,33H,7-12,18H2,1-6H3/t20-,21-,26+,27-,28-,29-/m1/s1. The minimum absolute atomic E-state index is 0.00593. The molecule has 0 amide bonds. The van der Waals surface area contributed by atoms with Gasteiger partial charge in [0.1, 0.15) is 17.6 Å². The van der Waals surface area contributed by atoms with Crippen molar-refractivity contribution in [1.82, 2.24) is 4.90 Å². The largest absolute Gasteiger partial charge is 0.497 e. The number of ether oxygens (including phenoxy) is 3. The van der Waals surface area contributed by atoms with Crippen LogP contribution in [-0.2, 0) is 9.53 Å². The zero-order valence-electron chi connectivity index (χ0n) is 22.6. The maximum atomic E-state index is 11.7. The fourth-order valence-electron chi connectivity index (χ4n) is 6.31. The monoisotopic (exact) mass is 498 g/mol. The number of nitrogens with zero attached hydrogens (tertiary/aromatic N) is 2. The Hall–Kier alpha value is -2.25. The zero-order chi connectivity index (χ0) is 26.0. The molecular weight excluding hydrogens is 456 g/mol. The van der Waals surface area contributed by atoms with Gasteiger partial charge in [0.15, 0.2) is 0 Å². The molecule has 0 spiro atoms. The van der Waals surface area contributed by atoms with Crippen LogP contribution in [0.25, 0.3) is 0 Å². The maximum Gasteiger partial charge on any atom is 0.303 e. The van der Waals surface area contributed by atoms with Gasteiger partial charge in [0.25, 0.3) is 0 Å². The van der Waals surface area contributed by atoms with Gasteiger partial charge >= 0.3 is 5.97 Å². The van der Waals surface area contributed by atoms with E-state index < -0.39 is 11.7 Å². The van der Waals surface area contributed by atoms with Crippen LogP contribution in [0, 0.1) is 30.1 Å². The number of piperazine rings is 1. The molecule has 1 heterocycles. The van der Waals surface area contributed by atoms with Crippen LogP contribution in [0.5, 0.6) is 11.5 Å². The van der Waals surface area contributed by atoms with E-state index in [0.29, 0.717) is 11.8 Å². The number of rotatable bonds is 7. The lowest BCUT2D eigenvalue weighted by molar-refractivity contribution is -0.148. The number of carbonyl (C=O) groups is 1. The lowest BCUT2D eigenvalue weighted by atomic mass is 9.57. The third-order valence-corrected chi connectivity index (χ3v) is 8.51. The van der Waals surface area contributed by atoms with E-state index in [1.165, 1.54) is 6.92 Å². The number of esters is 1. The van der Waals surface area contributed by atoms with Gasteiger partial charge < -0.3 is 24.2 Å². The number of benzene rings is 1. The molecule has 1 aromatic carbocycles. The molecule has 1 aromatic rings. The van der Waals surface area contributed by atoms with E-state index in [2.05, 4.69) is 48.3 Å². The van der Waals surface area contributed by atoms with Gasteiger partial charge in [-0.15, -0.1) is 0 Å². The fourth-order valence-corrected chi connectivity index (χ4v) is 6.31. The normalized spacial score (nSPS) is 31.8. The molecule has 2 radical (unpaired) electrons. The summed E-state index contributed by atoms with van der Waals surface area (Å²) in [4.78, 5) is 16.5. The summed E-state index contributed by atoms with van der Waals surface area (Å²) in [6, 6.07) is 6.04. The van der Waals surface area contributed by atoms with Gasteiger partial charge in [-0.25, -0.2) is 0 Å². The van der Waals surface area contributed by atoms with Gasteiger partial charge in [-0.05, 0) is 43.1 Å². The van der Waals surface area contributed by atoms with E-state index in [1.54, 1.807) is 14.2 Å². The first-order valence-electron chi connectivity index (χ1n) is 13.2. The Balaban J connectivity index is 1.40. The fraction of sp³-hybridized carbons (Fsp3) is 0.655. The molecule has 2 fully saturated rings. The van der Waals surface area contributed by atoms with Gasteiger partial charge in [-0.3, -0.25) is 9.69 Å². The quantitative estimate of drug-likeness (QED) is 0.453. The third kappa shape index (κ3) is 5.52. The predicted molar refractivity (Wildman–Crippen MR) is 140 cm³/mol. The lowest BCUT2D eigenvalue weighted by Gasteiger charge is -2.53. The number of hydrogen-bond acceptors (Lipinski definition) is 7. The molecule has 6 atom stereocenters. The van der Waals surface area contributed by atoms with Gasteiger partial charge in [-0.1, -0.05) is 19.9 Å². The van der Waals surface area contributed by atoms with Crippen molar-refractivity contribution in [1.29, 1.82) is 0 Å². The lowest BCUT2D eigenvalue weighted by Crippen LogP contribution is -2.57. The van der Waals surface area contributed by atoms with Crippen molar-refractivity contribution < 1.29 is 24.1 Å². The Kier molecular flexibility index (Phi) is 8.20. The highest BCUT2D eigenvalue weighted by Crippen LogP contribution is 2.51. The average molecular weight is 499 g/mol. The second kappa shape index (κ2) is 11.0. The Morgan fingerprint density at radius 1 is 1.14 bits per heavy atom. The van der Waals surface area contributed by atoms with Crippen molar-refractivity contribution in [3.63, 3.8) is 0 Å². The Labute approximate surface area is 216 Å². The van der Waals surface area contributed by atoms with Gasteiger partial charge in [0, 0.05) is 69.5 Å². The van der Waals surface area contributed by atoms with Gasteiger partial charge in [0.2, 0.25) is 0 Å². The number of methoxy groups -OCH3 is 2. The van der Waals surface area contributed by atoms with Crippen molar-refractivity contribution in [3.05, 3.63) is 36.3 Å². The first-order valence-corrected chi connectivity index (χ1v) is 13.2. The Morgan fingerprint density at radius 3 is 2.36 bits per heavy atom. The number of aliphatic hydroxyl groups is 1. The molecule has 3 aliphatic rings. The minimum atomic E-state index is -1.07. The van der Waals surface area contributed by atoms with Crippen molar-refractivity contribution in [3.8, 4) is 11.5 Å². The van der Waals surface area contributed by atoms with Crippen LogP contribution in [0.3, 0.4) is 0 Å². The number of anilines is 1. The number of fused-ring (bicyclic) bond motifs is 1. The smallest absolute Gasteiger partial charge is 0.303 e. The molecule has 1 saturated heterocycles. The average Bonchev–Trinajstić information content (AvgIpc) is 2.85. The molecule has 0 bridgehead atoms. The number of hydrogen-bond donors (Lipinski definition) is 1. The van der Waals surface area contributed by atoms with Crippen molar-refractivity contribution >= 4 is 11.7 Å². The molecule has 2 aliphatic carbocycles. The molecular formula is C29H42N2O5. The molecule has 198 valence electrons. The van der Waals surface area contributed by atoms with Crippen molar-refractivity contribution in [2.45, 2.75) is 52.2 Å². The molecule has 4 rings (SSSR count). The molecule has 0 unspecified atom stereocenters. The first kappa shape index (κ1) is 26.8. The molecule has 1 N–H and O–H groups in total. The van der Waals surface area contributed by atoms with Crippen LogP contribution >= 0.6 is 0 Å². The molecule has 1 saturated carbocycles. The van der Waals surface area contributed by atoms with E-state index in [-0.39, 0.29) is 17.8 Å². The van der Waals surface area contributed by atoms with E-state index in [1.807, 2.05) is 13.0 Å². The summed E-state index contributed by atoms with van der Waals surface area (Å²) in [5.41, 5.74) is 1.02. The Bertz CT molecular complexity index is 935. The zero-order valence-corrected chi connectivity index (χ0v) is 22.6. The summed E-state index contributed by atoms with van der Waals surface area (Å²) in [6.07, 6.45) is 6.92.